The van der Waals surface area contributed by atoms with Crippen molar-refractivity contribution in [3.8, 4) is 11.5 Å². The van der Waals surface area contributed by atoms with Crippen molar-refractivity contribution in [2.24, 2.45) is 0 Å². The summed E-state index contributed by atoms with van der Waals surface area (Å²) in [4.78, 5) is 29.9. The number of carbonyl (C=O) groups is 2. The molecule has 1 N–H and O–H groups in total. The molecule has 1 saturated carbocycles. The van der Waals surface area contributed by atoms with Crippen LogP contribution in [0.2, 0.25) is 5.02 Å². The molecule has 2 amide bonds. The lowest BCUT2D eigenvalue weighted by atomic mass is 9.72. The van der Waals surface area contributed by atoms with E-state index in [-0.39, 0.29) is 18.6 Å². The summed E-state index contributed by atoms with van der Waals surface area (Å²) >= 11 is 6.67. The van der Waals surface area contributed by atoms with Crippen molar-refractivity contribution in [3.63, 3.8) is 0 Å². The Morgan fingerprint density at radius 1 is 0.975 bits per heavy atom. The fraction of sp³-hybridized carbons (Fsp3) is 0.548. The molecule has 4 rings (SSSR count). The highest BCUT2D eigenvalue weighted by Crippen LogP contribution is 2.43. The molecule has 1 atom stereocenters. The SMILES string of the molecule is COc1ccccc1COc1ccc(C(C(=O)N2CCN(C(=O)OC(C)(C)C)CC2)C2(O)CCCCC2)cc1Cl. The van der Waals surface area contributed by atoms with Gasteiger partial charge in [-0.2, -0.15) is 0 Å². The number of halogens is 1. The number of benzene rings is 2. The van der Waals surface area contributed by atoms with E-state index in [4.69, 9.17) is 25.8 Å². The van der Waals surface area contributed by atoms with E-state index in [0.29, 0.717) is 55.4 Å². The Morgan fingerprint density at radius 2 is 1.62 bits per heavy atom. The Bertz CT molecular complexity index is 1180. The Hall–Kier alpha value is -2.97. The highest BCUT2D eigenvalue weighted by molar-refractivity contribution is 6.32. The lowest BCUT2D eigenvalue weighted by molar-refractivity contribution is -0.143. The van der Waals surface area contributed by atoms with Gasteiger partial charge in [-0.05, 0) is 57.4 Å². The molecule has 40 heavy (non-hydrogen) atoms. The van der Waals surface area contributed by atoms with Crippen molar-refractivity contribution >= 4 is 23.6 Å². The van der Waals surface area contributed by atoms with Gasteiger partial charge in [0.1, 0.15) is 23.7 Å². The number of para-hydroxylation sites is 1. The minimum Gasteiger partial charge on any atom is -0.496 e. The lowest BCUT2D eigenvalue weighted by Crippen LogP contribution is -2.55. The van der Waals surface area contributed by atoms with Crippen molar-refractivity contribution in [2.45, 2.75) is 76.6 Å². The zero-order valence-electron chi connectivity index (χ0n) is 24.0. The van der Waals surface area contributed by atoms with Gasteiger partial charge < -0.3 is 29.1 Å². The van der Waals surface area contributed by atoms with Crippen molar-refractivity contribution in [1.29, 1.82) is 0 Å². The second-order valence-electron chi connectivity index (χ2n) is 11.7. The van der Waals surface area contributed by atoms with Gasteiger partial charge in [0.15, 0.2) is 0 Å². The number of ether oxygens (including phenoxy) is 3. The molecule has 9 heteroatoms. The van der Waals surface area contributed by atoms with Crippen LogP contribution in [0.4, 0.5) is 4.79 Å². The molecule has 2 aliphatic rings. The van der Waals surface area contributed by atoms with Gasteiger partial charge in [0.2, 0.25) is 5.91 Å². The topological polar surface area (TPSA) is 88.5 Å². The second kappa shape index (κ2) is 12.7. The van der Waals surface area contributed by atoms with Crippen LogP contribution in [0.5, 0.6) is 11.5 Å². The third-order valence-electron chi connectivity index (χ3n) is 7.61. The Kier molecular flexibility index (Phi) is 9.52. The fourth-order valence-corrected chi connectivity index (χ4v) is 5.79. The van der Waals surface area contributed by atoms with E-state index in [1.54, 1.807) is 29.0 Å². The normalized spacial score (nSPS) is 18.1. The molecule has 1 saturated heterocycles. The molecule has 218 valence electrons. The van der Waals surface area contributed by atoms with Crippen LogP contribution < -0.4 is 9.47 Å². The Labute approximate surface area is 242 Å². The first-order chi connectivity index (χ1) is 19.0. The monoisotopic (exact) mass is 572 g/mol. The standard InChI is InChI=1S/C31H41ClN2O6/c1-30(2,3)40-29(36)34-18-16-33(17-19-34)28(35)27(31(37)14-8-5-9-15-31)22-12-13-26(24(32)20-22)39-21-23-10-6-7-11-25(23)38-4/h6-7,10-13,20,27,37H,5,8-9,14-19,21H2,1-4H3. The molecule has 2 aromatic rings. The maximum Gasteiger partial charge on any atom is 0.410 e. The summed E-state index contributed by atoms with van der Waals surface area (Å²) in [5, 5.41) is 12.2. The average Bonchev–Trinajstić information content (AvgIpc) is 2.92. The largest absolute Gasteiger partial charge is 0.496 e. The van der Waals surface area contributed by atoms with Gasteiger partial charge >= 0.3 is 6.09 Å². The van der Waals surface area contributed by atoms with Gasteiger partial charge in [-0.15, -0.1) is 0 Å². The molecular weight excluding hydrogens is 532 g/mol. The number of piperazine rings is 1. The van der Waals surface area contributed by atoms with Crippen molar-refractivity contribution < 1.29 is 28.9 Å². The molecule has 1 aliphatic heterocycles. The Balaban J connectivity index is 1.51. The molecule has 0 radical (unpaired) electrons. The minimum atomic E-state index is -1.17. The van der Waals surface area contributed by atoms with Crippen molar-refractivity contribution in [3.05, 3.63) is 58.6 Å². The summed E-state index contributed by atoms with van der Waals surface area (Å²) in [5.41, 5.74) is -0.193. The first-order valence-electron chi connectivity index (χ1n) is 14.0. The average molecular weight is 573 g/mol. The summed E-state index contributed by atoms with van der Waals surface area (Å²) in [6, 6.07) is 12.9. The van der Waals surface area contributed by atoms with Crippen LogP contribution in [0.1, 0.15) is 69.9 Å². The molecule has 1 heterocycles. The third kappa shape index (κ3) is 7.21. The van der Waals surface area contributed by atoms with E-state index >= 15 is 0 Å². The summed E-state index contributed by atoms with van der Waals surface area (Å²) < 4.78 is 16.9. The van der Waals surface area contributed by atoms with Gasteiger partial charge in [0.05, 0.1) is 23.7 Å². The smallest absolute Gasteiger partial charge is 0.410 e. The molecule has 1 unspecified atom stereocenters. The number of aliphatic hydroxyl groups is 1. The fourth-order valence-electron chi connectivity index (χ4n) is 5.55. The summed E-state index contributed by atoms with van der Waals surface area (Å²) in [5.74, 6) is 0.310. The van der Waals surface area contributed by atoms with E-state index in [1.807, 2.05) is 51.1 Å². The first kappa shape index (κ1) is 30.0. The summed E-state index contributed by atoms with van der Waals surface area (Å²) in [6.45, 7) is 7.28. The van der Waals surface area contributed by atoms with Crippen molar-refractivity contribution in [1.82, 2.24) is 9.80 Å². The van der Waals surface area contributed by atoms with Crippen LogP contribution in [-0.4, -0.2) is 71.4 Å². The van der Waals surface area contributed by atoms with Crippen LogP contribution in [0.25, 0.3) is 0 Å². The molecule has 2 fully saturated rings. The number of nitrogens with zero attached hydrogens (tertiary/aromatic N) is 2. The van der Waals surface area contributed by atoms with Gasteiger partial charge in [-0.1, -0.05) is 55.1 Å². The quantitative estimate of drug-likeness (QED) is 0.452. The minimum absolute atomic E-state index is 0.146. The Morgan fingerprint density at radius 3 is 2.25 bits per heavy atom. The zero-order chi connectivity index (χ0) is 28.9. The van der Waals surface area contributed by atoms with Crippen LogP contribution in [0, 0.1) is 0 Å². The zero-order valence-corrected chi connectivity index (χ0v) is 24.7. The third-order valence-corrected chi connectivity index (χ3v) is 7.91. The maximum atomic E-state index is 14.0. The molecule has 2 aromatic carbocycles. The van der Waals surface area contributed by atoms with E-state index in [0.717, 1.165) is 30.6 Å². The molecule has 0 bridgehead atoms. The molecule has 8 nitrogen and oxygen atoms in total. The predicted molar refractivity (Wildman–Crippen MR) is 154 cm³/mol. The van der Waals surface area contributed by atoms with Gasteiger partial charge in [-0.3, -0.25) is 4.79 Å². The first-order valence-corrected chi connectivity index (χ1v) is 14.4. The molecule has 0 aromatic heterocycles. The predicted octanol–water partition coefficient (Wildman–Crippen LogP) is 5.79. The summed E-state index contributed by atoms with van der Waals surface area (Å²) in [6.07, 6.45) is 3.48. The van der Waals surface area contributed by atoms with Gasteiger partial charge in [-0.25, -0.2) is 4.79 Å². The van der Waals surface area contributed by atoms with Gasteiger partial charge in [0.25, 0.3) is 0 Å². The second-order valence-corrected chi connectivity index (χ2v) is 12.1. The molecule has 1 aliphatic carbocycles. The molecular formula is C31H41ClN2O6. The van der Waals surface area contributed by atoms with Crippen LogP contribution >= 0.6 is 11.6 Å². The number of hydrogen-bond acceptors (Lipinski definition) is 6. The van der Waals surface area contributed by atoms with Crippen LogP contribution in [0.3, 0.4) is 0 Å². The number of carbonyl (C=O) groups excluding carboxylic acids is 2. The van der Waals surface area contributed by atoms with Gasteiger partial charge in [0, 0.05) is 31.7 Å². The van der Waals surface area contributed by atoms with E-state index in [2.05, 4.69) is 0 Å². The van der Waals surface area contributed by atoms with Crippen LogP contribution in [-0.2, 0) is 16.1 Å². The molecule has 0 spiro atoms. The van der Waals surface area contributed by atoms with E-state index < -0.39 is 17.1 Å². The van der Waals surface area contributed by atoms with E-state index in [1.165, 1.54) is 0 Å². The highest BCUT2D eigenvalue weighted by atomic mass is 35.5. The number of methoxy groups -OCH3 is 1. The van der Waals surface area contributed by atoms with Crippen molar-refractivity contribution in [2.75, 3.05) is 33.3 Å². The summed E-state index contributed by atoms with van der Waals surface area (Å²) in [7, 11) is 1.62. The lowest BCUT2D eigenvalue weighted by Gasteiger charge is -2.43. The maximum absolute atomic E-state index is 14.0. The van der Waals surface area contributed by atoms with E-state index in [9.17, 15) is 14.7 Å². The highest BCUT2D eigenvalue weighted by Gasteiger charge is 2.45. The number of rotatable bonds is 7. The number of hydrogen-bond donors (Lipinski definition) is 1. The van der Waals surface area contributed by atoms with Crippen LogP contribution in [0.15, 0.2) is 42.5 Å². The number of amides is 2.